The van der Waals surface area contributed by atoms with E-state index in [4.69, 9.17) is 11.6 Å². The van der Waals surface area contributed by atoms with Crippen molar-refractivity contribution in [2.75, 3.05) is 4.72 Å². The van der Waals surface area contributed by atoms with Gasteiger partial charge in [0, 0.05) is 22.7 Å². The summed E-state index contributed by atoms with van der Waals surface area (Å²) in [7, 11) is -3.85. The maximum absolute atomic E-state index is 13.7. The lowest BCUT2D eigenvalue weighted by atomic mass is 10.1. The molecule has 0 fully saturated rings. The van der Waals surface area contributed by atoms with Gasteiger partial charge in [0.05, 0.1) is 10.6 Å². The zero-order valence-electron chi connectivity index (χ0n) is 15.4. The lowest BCUT2D eigenvalue weighted by molar-refractivity contribution is 0.0950. The molecule has 3 rings (SSSR count). The van der Waals surface area contributed by atoms with Gasteiger partial charge in [-0.3, -0.25) is 9.52 Å². The van der Waals surface area contributed by atoms with Crippen molar-refractivity contribution in [3.05, 3.63) is 94.3 Å². The molecule has 3 aromatic rings. The molecule has 0 heterocycles. The standard InChI is InChI=1S/C21H18ClFN2O3S/c1-14-6-7-15(21(26)24-13-16-4-2-3-5-19(16)23)12-20(14)25-29(27,28)18-10-8-17(22)9-11-18/h2-12,25H,13H2,1H3,(H,24,26). The van der Waals surface area contributed by atoms with Crippen LogP contribution in [0.15, 0.2) is 71.6 Å². The highest BCUT2D eigenvalue weighted by Crippen LogP contribution is 2.22. The molecule has 0 atom stereocenters. The molecule has 0 saturated heterocycles. The van der Waals surface area contributed by atoms with Crippen molar-refractivity contribution in [1.82, 2.24) is 5.32 Å². The number of nitrogens with one attached hydrogen (secondary N) is 2. The molecule has 0 unspecified atom stereocenters. The minimum atomic E-state index is -3.85. The molecule has 3 aromatic carbocycles. The highest BCUT2D eigenvalue weighted by molar-refractivity contribution is 7.92. The zero-order valence-corrected chi connectivity index (χ0v) is 17.0. The molecule has 0 aliphatic carbocycles. The Morgan fingerprint density at radius 3 is 2.41 bits per heavy atom. The third-order valence-electron chi connectivity index (χ3n) is 4.27. The van der Waals surface area contributed by atoms with Crippen LogP contribution in [0.4, 0.5) is 10.1 Å². The number of carbonyl (C=O) groups excluding carboxylic acids is 1. The predicted molar refractivity (Wildman–Crippen MR) is 111 cm³/mol. The molecular weight excluding hydrogens is 415 g/mol. The Labute approximate surface area is 173 Å². The van der Waals surface area contributed by atoms with E-state index in [2.05, 4.69) is 10.0 Å². The first-order chi connectivity index (χ1) is 13.8. The molecule has 5 nitrogen and oxygen atoms in total. The summed E-state index contributed by atoms with van der Waals surface area (Å²) in [5.41, 5.74) is 1.53. The number of sulfonamides is 1. The van der Waals surface area contributed by atoms with Gasteiger partial charge in [0.1, 0.15) is 5.82 Å². The Morgan fingerprint density at radius 2 is 1.72 bits per heavy atom. The highest BCUT2D eigenvalue weighted by atomic mass is 35.5. The number of anilines is 1. The molecule has 0 aliphatic rings. The lowest BCUT2D eigenvalue weighted by Gasteiger charge is -2.13. The molecule has 1 amide bonds. The van der Waals surface area contributed by atoms with Crippen LogP contribution in [0, 0.1) is 12.7 Å². The summed E-state index contributed by atoms with van der Waals surface area (Å²) in [5, 5.41) is 3.06. The lowest BCUT2D eigenvalue weighted by Crippen LogP contribution is -2.23. The molecule has 0 spiro atoms. The summed E-state index contributed by atoms with van der Waals surface area (Å²) in [4.78, 5) is 12.5. The first-order valence-electron chi connectivity index (χ1n) is 8.67. The second kappa shape index (κ2) is 8.63. The van der Waals surface area contributed by atoms with Crippen molar-refractivity contribution in [3.8, 4) is 0 Å². The van der Waals surface area contributed by atoms with Gasteiger partial charge >= 0.3 is 0 Å². The van der Waals surface area contributed by atoms with Crippen LogP contribution < -0.4 is 10.0 Å². The maximum atomic E-state index is 13.7. The van der Waals surface area contributed by atoms with Crippen LogP contribution in [-0.4, -0.2) is 14.3 Å². The third-order valence-corrected chi connectivity index (χ3v) is 5.90. The monoisotopic (exact) mass is 432 g/mol. The van der Waals surface area contributed by atoms with Gasteiger partial charge in [0.15, 0.2) is 0 Å². The SMILES string of the molecule is Cc1ccc(C(=O)NCc2ccccc2F)cc1NS(=O)(=O)c1ccc(Cl)cc1. The number of carbonyl (C=O) groups is 1. The van der Waals surface area contributed by atoms with Crippen molar-refractivity contribution >= 4 is 33.2 Å². The largest absolute Gasteiger partial charge is 0.348 e. The quantitative estimate of drug-likeness (QED) is 0.601. The second-order valence-electron chi connectivity index (χ2n) is 6.36. The molecule has 8 heteroatoms. The fourth-order valence-electron chi connectivity index (χ4n) is 2.61. The minimum absolute atomic E-state index is 0.0191. The maximum Gasteiger partial charge on any atom is 0.261 e. The van der Waals surface area contributed by atoms with Crippen molar-refractivity contribution in [1.29, 1.82) is 0 Å². The van der Waals surface area contributed by atoms with Crippen LogP contribution in [0.1, 0.15) is 21.5 Å². The summed E-state index contributed by atoms with van der Waals surface area (Å²) < 4.78 is 41.4. The van der Waals surface area contributed by atoms with Gasteiger partial charge in [0.2, 0.25) is 0 Å². The molecule has 29 heavy (non-hydrogen) atoms. The van der Waals surface area contributed by atoms with E-state index in [9.17, 15) is 17.6 Å². The Morgan fingerprint density at radius 1 is 1.03 bits per heavy atom. The van der Waals surface area contributed by atoms with E-state index in [1.54, 1.807) is 37.3 Å². The first-order valence-corrected chi connectivity index (χ1v) is 10.5. The van der Waals surface area contributed by atoms with E-state index in [1.807, 2.05) is 0 Å². The molecule has 150 valence electrons. The van der Waals surface area contributed by atoms with Crippen LogP contribution >= 0.6 is 11.6 Å². The van der Waals surface area contributed by atoms with Gasteiger partial charge in [-0.1, -0.05) is 35.9 Å². The topological polar surface area (TPSA) is 75.3 Å². The number of hydrogen-bond acceptors (Lipinski definition) is 3. The Balaban J connectivity index is 1.78. The second-order valence-corrected chi connectivity index (χ2v) is 8.48. The Kier molecular flexibility index (Phi) is 6.20. The number of rotatable bonds is 6. The van der Waals surface area contributed by atoms with E-state index in [1.165, 1.54) is 36.4 Å². The van der Waals surface area contributed by atoms with Gasteiger partial charge in [0.25, 0.3) is 15.9 Å². The average Bonchev–Trinajstić information content (AvgIpc) is 2.69. The van der Waals surface area contributed by atoms with Gasteiger partial charge < -0.3 is 5.32 Å². The van der Waals surface area contributed by atoms with Crippen LogP contribution in [-0.2, 0) is 16.6 Å². The normalized spacial score (nSPS) is 11.1. The van der Waals surface area contributed by atoms with E-state index in [0.29, 0.717) is 16.1 Å². The fraction of sp³-hybridized carbons (Fsp3) is 0.0952. The summed E-state index contributed by atoms with van der Waals surface area (Å²) in [6, 6.07) is 16.6. The fourth-order valence-corrected chi connectivity index (χ4v) is 3.86. The predicted octanol–water partition coefficient (Wildman–Crippen LogP) is 4.52. The molecule has 0 radical (unpaired) electrons. The minimum Gasteiger partial charge on any atom is -0.348 e. The van der Waals surface area contributed by atoms with Gasteiger partial charge in [-0.15, -0.1) is 0 Å². The number of aryl methyl sites for hydroxylation is 1. The molecule has 0 saturated carbocycles. The number of amides is 1. The van der Waals surface area contributed by atoms with Crippen molar-refractivity contribution in [2.45, 2.75) is 18.4 Å². The van der Waals surface area contributed by atoms with Gasteiger partial charge in [-0.05, 0) is 55.0 Å². The molecule has 2 N–H and O–H groups in total. The van der Waals surface area contributed by atoms with Crippen molar-refractivity contribution in [3.63, 3.8) is 0 Å². The first kappa shape index (κ1) is 20.8. The third kappa shape index (κ3) is 5.13. The van der Waals surface area contributed by atoms with Crippen LogP contribution in [0.3, 0.4) is 0 Å². The number of benzene rings is 3. The van der Waals surface area contributed by atoms with Crippen molar-refractivity contribution < 1.29 is 17.6 Å². The summed E-state index contributed by atoms with van der Waals surface area (Å²) in [6.07, 6.45) is 0. The zero-order chi connectivity index (χ0) is 21.0. The number of halogens is 2. The average molecular weight is 433 g/mol. The molecule has 0 bridgehead atoms. The molecule has 0 aromatic heterocycles. The smallest absolute Gasteiger partial charge is 0.261 e. The van der Waals surface area contributed by atoms with Crippen molar-refractivity contribution in [2.24, 2.45) is 0 Å². The van der Waals surface area contributed by atoms with Gasteiger partial charge in [-0.2, -0.15) is 0 Å². The van der Waals surface area contributed by atoms with E-state index in [-0.39, 0.29) is 22.7 Å². The summed E-state index contributed by atoms with van der Waals surface area (Å²) in [6.45, 7) is 1.74. The van der Waals surface area contributed by atoms with Gasteiger partial charge in [-0.25, -0.2) is 12.8 Å². The van der Waals surface area contributed by atoms with E-state index < -0.39 is 21.7 Å². The molecule has 0 aliphatic heterocycles. The van der Waals surface area contributed by atoms with Crippen LogP contribution in [0.2, 0.25) is 5.02 Å². The number of hydrogen-bond donors (Lipinski definition) is 2. The highest BCUT2D eigenvalue weighted by Gasteiger charge is 2.17. The van der Waals surface area contributed by atoms with E-state index in [0.717, 1.165) is 0 Å². The Bertz CT molecular complexity index is 1150. The van der Waals surface area contributed by atoms with Crippen LogP contribution in [0.5, 0.6) is 0 Å². The molecular formula is C21H18ClFN2O3S. The summed E-state index contributed by atoms with van der Waals surface area (Å²) >= 11 is 5.80. The van der Waals surface area contributed by atoms with E-state index >= 15 is 0 Å². The summed E-state index contributed by atoms with van der Waals surface area (Å²) in [5.74, 6) is -0.853. The Hall–Kier alpha value is -2.90. The van der Waals surface area contributed by atoms with Crippen LogP contribution in [0.25, 0.3) is 0 Å².